The fourth-order valence-electron chi connectivity index (χ4n) is 3.33. The molecule has 1 aromatic carbocycles. The second-order valence-corrected chi connectivity index (χ2v) is 10.8. The normalized spacial score (nSPS) is 18.1. The zero-order valence-corrected chi connectivity index (χ0v) is 17.2. The van der Waals surface area contributed by atoms with Crippen LogP contribution in [0, 0.1) is 0 Å². The fraction of sp³-hybridized carbons (Fsp3) is 0.300. The van der Waals surface area contributed by atoms with E-state index in [1.807, 2.05) is 35.7 Å². The summed E-state index contributed by atoms with van der Waals surface area (Å²) in [6.45, 7) is 1.71. The summed E-state index contributed by atoms with van der Waals surface area (Å²) in [5, 5.41) is 1.81. The molecule has 1 saturated heterocycles. The molecule has 1 unspecified atom stereocenters. The topological polar surface area (TPSA) is 46.6 Å². The van der Waals surface area contributed by atoms with Crippen LogP contribution in [0.15, 0.2) is 64.2 Å². The van der Waals surface area contributed by atoms with E-state index in [9.17, 15) is 8.42 Å². The van der Waals surface area contributed by atoms with E-state index in [1.54, 1.807) is 27.8 Å². The van der Waals surface area contributed by atoms with Gasteiger partial charge in [-0.15, -0.1) is 22.7 Å². The molecule has 7 heteroatoms. The largest absolute Gasteiger partial charge is 0.371 e. The Hall–Kier alpha value is -1.51. The van der Waals surface area contributed by atoms with Crippen LogP contribution in [0.2, 0.25) is 0 Å². The molecular formula is C20H21NO3S3. The first-order valence-corrected chi connectivity index (χ1v) is 12.0. The first-order valence-electron chi connectivity index (χ1n) is 8.90. The highest BCUT2D eigenvalue weighted by atomic mass is 32.2. The van der Waals surface area contributed by atoms with Gasteiger partial charge in [0, 0.05) is 16.3 Å². The number of benzene rings is 1. The molecule has 0 bridgehead atoms. The molecule has 1 atom stereocenters. The van der Waals surface area contributed by atoms with Crippen LogP contribution in [0.1, 0.15) is 34.2 Å². The Morgan fingerprint density at radius 1 is 1.04 bits per heavy atom. The van der Waals surface area contributed by atoms with Crippen molar-refractivity contribution in [2.24, 2.45) is 0 Å². The quantitative estimate of drug-likeness (QED) is 0.538. The highest BCUT2D eigenvalue weighted by Crippen LogP contribution is 2.40. The molecule has 27 heavy (non-hydrogen) atoms. The molecule has 4 rings (SSSR count). The Labute approximate surface area is 168 Å². The average molecular weight is 420 g/mol. The lowest BCUT2D eigenvalue weighted by Crippen LogP contribution is -2.29. The Balaban J connectivity index is 1.43. The summed E-state index contributed by atoms with van der Waals surface area (Å²) in [7, 11) is -3.41. The predicted octanol–water partition coefficient (Wildman–Crippen LogP) is 5.05. The SMILES string of the molecule is O=S(=O)(c1cccs1)N1CCCC1c1ccc(COCc2ccccc2)s1. The van der Waals surface area contributed by atoms with E-state index >= 15 is 0 Å². The van der Waals surface area contributed by atoms with Crippen molar-refractivity contribution in [2.45, 2.75) is 36.3 Å². The van der Waals surface area contributed by atoms with Gasteiger partial charge < -0.3 is 4.74 Å². The van der Waals surface area contributed by atoms with E-state index in [-0.39, 0.29) is 6.04 Å². The maximum Gasteiger partial charge on any atom is 0.253 e. The minimum atomic E-state index is -3.41. The number of rotatable bonds is 7. The minimum Gasteiger partial charge on any atom is -0.371 e. The average Bonchev–Trinajstić information content (AvgIpc) is 3.43. The summed E-state index contributed by atoms with van der Waals surface area (Å²) in [5.74, 6) is 0. The van der Waals surface area contributed by atoms with Gasteiger partial charge in [0.15, 0.2) is 0 Å². The molecule has 142 valence electrons. The smallest absolute Gasteiger partial charge is 0.253 e. The van der Waals surface area contributed by atoms with Gasteiger partial charge in [0.25, 0.3) is 10.0 Å². The van der Waals surface area contributed by atoms with Gasteiger partial charge in [0.2, 0.25) is 0 Å². The van der Waals surface area contributed by atoms with Gasteiger partial charge in [-0.3, -0.25) is 0 Å². The van der Waals surface area contributed by atoms with Gasteiger partial charge in [-0.2, -0.15) is 4.31 Å². The molecule has 0 amide bonds. The lowest BCUT2D eigenvalue weighted by atomic mass is 10.2. The highest BCUT2D eigenvalue weighted by Gasteiger charge is 2.37. The van der Waals surface area contributed by atoms with Crippen LogP contribution in [-0.4, -0.2) is 19.3 Å². The van der Waals surface area contributed by atoms with Gasteiger partial charge in [0.05, 0.1) is 19.3 Å². The van der Waals surface area contributed by atoms with Gasteiger partial charge in [-0.05, 0) is 42.0 Å². The number of thiophene rings is 2. The molecule has 0 spiro atoms. The van der Waals surface area contributed by atoms with Crippen molar-refractivity contribution in [1.82, 2.24) is 4.31 Å². The van der Waals surface area contributed by atoms with E-state index in [0.29, 0.717) is 24.0 Å². The van der Waals surface area contributed by atoms with Crippen molar-refractivity contribution in [1.29, 1.82) is 0 Å². The summed E-state index contributed by atoms with van der Waals surface area (Å²) < 4.78 is 33.8. The Morgan fingerprint density at radius 3 is 2.67 bits per heavy atom. The van der Waals surface area contributed by atoms with E-state index < -0.39 is 10.0 Å². The summed E-state index contributed by atoms with van der Waals surface area (Å²) in [6, 6.07) is 17.6. The number of sulfonamides is 1. The first-order chi connectivity index (χ1) is 13.1. The molecule has 1 fully saturated rings. The molecule has 3 heterocycles. The third-order valence-corrected chi connectivity index (χ3v) is 9.07. The second kappa shape index (κ2) is 8.24. The minimum absolute atomic E-state index is 0.0648. The molecule has 4 nitrogen and oxygen atoms in total. The zero-order valence-electron chi connectivity index (χ0n) is 14.8. The van der Waals surface area contributed by atoms with Crippen molar-refractivity contribution < 1.29 is 13.2 Å². The summed E-state index contributed by atoms with van der Waals surface area (Å²) >= 11 is 2.94. The Morgan fingerprint density at radius 2 is 1.89 bits per heavy atom. The van der Waals surface area contributed by atoms with Crippen molar-refractivity contribution in [3.63, 3.8) is 0 Å². The Bertz CT molecular complexity index is 965. The molecule has 0 saturated carbocycles. The van der Waals surface area contributed by atoms with Crippen molar-refractivity contribution >= 4 is 32.7 Å². The van der Waals surface area contributed by atoms with Crippen LogP contribution in [0.4, 0.5) is 0 Å². The van der Waals surface area contributed by atoms with E-state index in [4.69, 9.17) is 4.74 Å². The van der Waals surface area contributed by atoms with Crippen LogP contribution in [0.3, 0.4) is 0 Å². The van der Waals surface area contributed by atoms with Crippen LogP contribution in [0.25, 0.3) is 0 Å². The van der Waals surface area contributed by atoms with Gasteiger partial charge in [-0.25, -0.2) is 8.42 Å². The number of hydrogen-bond acceptors (Lipinski definition) is 5. The molecule has 3 aromatic rings. The Kier molecular flexibility index (Phi) is 5.75. The number of hydrogen-bond donors (Lipinski definition) is 0. The van der Waals surface area contributed by atoms with E-state index in [0.717, 1.165) is 28.2 Å². The van der Waals surface area contributed by atoms with Gasteiger partial charge in [0.1, 0.15) is 4.21 Å². The lowest BCUT2D eigenvalue weighted by molar-refractivity contribution is 0.109. The standard InChI is InChI=1S/C20H21NO3S3/c22-27(23,20-9-5-13-25-20)21-12-4-8-18(21)19-11-10-17(26-19)15-24-14-16-6-2-1-3-7-16/h1-3,5-7,9-11,13,18H,4,8,12,14-15H2. The molecule has 0 aliphatic carbocycles. The zero-order chi connectivity index (χ0) is 18.7. The third kappa shape index (κ3) is 4.17. The highest BCUT2D eigenvalue weighted by molar-refractivity contribution is 7.91. The van der Waals surface area contributed by atoms with Crippen molar-refractivity contribution in [3.8, 4) is 0 Å². The van der Waals surface area contributed by atoms with Crippen LogP contribution in [0.5, 0.6) is 0 Å². The summed E-state index contributed by atoms with van der Waals surface area (Å²) in [4.78, 5) is 2.23. The monoisotopic (exact) mass is 419 g/mol. The molecule has 1 aliphatic heterocycles. The number of ether oxygens (including phenoxy) is 1. The fourth-order valence-corrected chi connectivity index (χ4v) is 7.29. The molecule has 2 aromatic heterocycles. The van der Waals surface area contributed by atoms with Crippen molar-refractivity contribution in [3.05, 3.63) is 75.3 Å². The lowest BCUT2D eigenvalue weighted by Gasteiger charge is -2.22. The second-order valence-electron chi connectivity index (χ2n) is 6.49. The van der Waals surface area contributed by atoms with Crippen LogP contribution in [-0.2, 0) is 28.0 Å². The molecule has 0 N–H and O–H groups in total. The van der Waals surface area contributed by atoms with Crippen molar-refractivity contribution in [2.75, 3.05) is 6.54 Å². The molecule has 1 aliphatic rings. The van der Waals surface area contributed by atoms with E-state index in [2.05, 4.69) is 12.1 Å². The van der Waals surface area contributed by atoms with Crippen LogP contribution >= 0.6 is 22.7 Å². The van der Waals surface area contributed by atoms with E-state index in [1.165, 1.54) is 11.3 Å². The van der Waals surface area contributed by atoms with Gasteiger partial charge >= 0.3 is 0 Å². The summed E-state index contributed by atoms with van der Waals surface area (Å²) in [6.07, 6.45) is 1.77. The maximum atomic E-state index is 12.9. The van der Waals surface area contributed by atoms with Gasteiger partial charge in [-0.1, -0.05) is 36.4 Å². The molecule has 0 radical (unpaired) electrons. The number of nitrogens with zero attached hydrogens (tertiary/aromatic N) is 1. The van der Waals surface area contributed by atoms with Crippen LogP contribution < -0.4 is 0 Å². The summed E-state index contributed by atoms with van der Waals surface area (Å²) in [5.41, 5.74) is 1.15. The predicted molar refractivity (Wildman–Crippen MR) is 109 cm³/mol. The maximum absolute atomic E-state index is 12.9. The first kappa shape index (κ1) is 18.8. The third-order valence-electron chi connectivity index (χ3n) is 4.63. The molecular weight excluding hydrogens is 398 g/mol.